The first-order chi connectivity index (χ1) is 11.0. The normalized spacial score (nSPS) is 43.5. The van der Waals surface area contributed by atoms with Crippen LogP contribution < -0.4 is 0 Å². The van der Waals surface area contributed by atoms with Crippen molar-refractivity contribution in [1.29, 1.82) is 0 Å². The van der Waals surface area contributed by atoms with Crippen molar-refractivity contribution in [2.45, 2.75) is 91.0 Å². The third-order valence-corrected chi connectivity index (χ3v) is 6.82. The number of fused-ring (bicyclic) bond motifs is 1. The molecule has 0 aromatic carbocycles. The minimum absolute atomic E-state index is 0.227. The van der Waals surface area contributed by atoms with E-state index in [4.69, 9.17) is 4.74 Å². The van der Waals surface area contributed by atoms with Gasteiger partial charge in [-0.1, -0.05) is 26.8 Å². The van der Waals surface area contributed by atoms with E-state index >= 15 is 0 Å². The summed E-state index contributed by atoms with van der Waals surface area (Å²) in [7, 11) is 0. The average molecular weight is 338 g/mol. The topological polar surface area (TPSA) is 66.8 Å². The van der Waals surface area contributed by atoms with Gasteiger partial charge in [0.1, 0.15) is 6.10 Å². The summed E-state index contributed by atoms with van der Waals surface area (Å²) in [5, 5.41) is 22.5. The molecule has 2 aliphatic rings. The summed E-state index contributed by atoms with van der Waals surface area (Å²) in [4.78, 5) is 12.2. The van der Waals surface area contributed by atoms with Crippen molar-refractivity contribution in [1.82, 2.24) is 0 Å². The second kappa shape index (κ2) is 6.45. The van der Waals surface area contributed by atoms with Crippen LogP contribution in [0.3, 0.4) is 0 Å². The molecular weight excluding hydrogens is 304 g/mol. The molecule has 4 heteroatoms. The van der Waals surface area contributed by atoms with E-state index in [9.17, 15) is 15.0 Å². The second-order valence-electron chi connectivity index (χ2n) is 8.80. The molecule has 4 nitrogen and oxygen atoms in total. The lowest BCUT2D eigenvalue weighted by molar-refractivity contribution is -0.163. The Bertz CT molecular complexity index is 522. The van der Waals surface area contributed by atoms with E-state index in [-0.39, 0.29) is 17.3 Å². The van der Waals surface area contributed by atoms with Crippen molar-refractivity contribution in [3.63, 3.8) is 0 Å². The first-order valence-electron chi connectivity index (χ1n) is 9.25. The van der Waals surface area contributed by atoms with Crippen LogP contribution in [0.5, 0.6) is 0 Å². The Balaban J connectivity index is 2.32. The molecular formula is C20H34O4. The highest BCUT2D eigenvalue weighted by Gasteiger charge is 2.61. The standard InChI is InChI=1S/C20H34O4/c1-7-14(4)17(21)24-16-12-18(5)9-8-15(13(2)3)20(18,23)11-10-19(16,6)22/h7,13,15-16,22-23H,8-12H2,1-6H3/b14-7-/t15-,16-,18-,19-,20+/m1/s1. The number of rotatable bonds is 3. The third kappa shape index (κ3) is 3.15. The van der Waals surface area contributed by atoms with Crippen LogP contribution in [0.15, 0.2) is 11.6 Å². The van der Waals surface area contributed by atoms with Crippen LogP contribution in [0.25, 0.3) is 0 Å². The quantitative estimate of drug-likeness (QED) is 0.609. The Morgan fingerprint density at radius 2 is 1.83 bits per heavy atom. The van der Waals surface area contributed by atoms with Gasteiger partial charge in [0.2, 0.25) is 0 Å². The minimum Gasteiger partial charge on any atom is -0.456 e. The molecule has 2 rings (SSSR count). The molecule has 0 spiro atoms. The van der Waals surface area contributed by atoms with Crippen molar-refractivity contribution >= 4 is 5.97 Å². The molecule has 0 unspecified atom stereocenters. The van der Waals surface area contributed by atoms with E-state index in [1.54, 1.807) is 26.8 Å². The molecule has 0 radical (unpaired) electrons. The number of aliphatic hydroxyl groups is 2. The van der Waals surface area contributed by atoms with Gasteiger partial charge >= 0.3 is 5.97 Å². The summed E-state index contributed by atoms with van der Waals surface area (Å²) in [6.07, 6.45) is 4.51. The third-order valence-electron chi connectivity index (χ3n) is 6.82. The molecule has 0 amide bonds. The monoisotopic (exact) mass is 338 g/mol. The van der Waals surface area contributed by atoms with E-state index in [0.29, 0.717) is 30.8 Å². The summed E-state index contributed by atoms with van der Waals surface area (Å²) in [5.41, 5.74) is -1.71. The van der Waals surface area contributed by atoms with E-state index < -0.39 is 17.3 Å². The van der Waals surface area contributed by atoms with Crippen molar-refractivity contribution in [2.75, 3.05) is 0 Å². The number of ether oxygens (including phenoxy) is 1. The van der Waals surface area contributed by atoms with E-state index in [0.717, 1.165) is 12.8 Å². The van der Waals surface area contributed by atoms with Crippen LogP contribution in [0.1, 0.15) is 73.6 Å². The predicted octanol–water partition coefficient (Wildman–Crippen LogP) is 3.60. The Kier molecular flexibility index (Phi) is 5.23. The number of carbonyl (C=O) groups excluding carboxylic acids is 1. The van der Waals surface area contributed by atoms with Gasteiger partial charge in [0.05, 0.1) is 11.2 Å². The maximum atomic E-state index is 12.2. The maximum absolute atomic E-state index is 12.2. The molecule has 2 aliphatic carbocycles. The molecule has 0 aromatic rings. The Morgan fingerprint density at radius 3 is 2.38 bits per heavy atom. The van der Waals surface area contributed by atoms with Crippen molar-refractivity contribution in [3.05, 3.63) is 11.6 Å². The molecule has 0 saturated heterocycles. The average Bonchev–Trinajstić information content (AvgIpc) is 2.72. The Labute approximate surface area is 146 Å². The maximum Gasteiger partial charge on any atom is 0.333 e. The molecule has 5 atom stereocenters. The predicted molar refractivity (Wildman–Crippen MR) is 94.4 cm³/mol. The van der Waals surface area contributed by atoms with Gasteiger partial charge in [-0.2, -0.15) is 0 Å². The van der Waals surface area contributed by atoms with E-state index in [1.165, 1.54) is 0 Å². The van der Waals surface area contributed by atoms with Gasteiger partial charge in [-0.15, -0.1) is 0 Å². The Hall–Kier alpha value is -0.870. The Morgan fingerprint density at radius 1 is 1.21 bits per heavy atom. The van der Waals surface area contributed by atoms with Crippen LogP contribution in [0, 0.1) is 17.3 Å². The fourth-order valence-electron chi connectivity index (χ4n) is 4.77. The number of hydrogen-bond donors (Lipinski definition) is 2. The zero-order valence-corrected chi connectivity index (χ0v) is 16.1. The summed E-state index contributed by atoms with van der Waals surface area (Å²) >= 11 is 0. The number of allylic oxidation sites excluding steroid dienone is 1. The molecule has 0 heterocycles. The highest BCUT2D eigenvalue weighted by atomic mass is 16.6. The molecule has 0 aliphatic heterocycles. The van der Waals surface area contributed by atoms with Gasteiger partial charge in [-0.05, 0) is 64.7 Å². The summed E-state index contributed by atoms with van der Waals surface area (Å²) in [5.74, 6) is 0.242. The van der Waals surface area contributed by atoms with Crippen molar-refractivity contribution < 1.29 is 19.7 Å². The lowest BCUT2D eigenvalue weighted by Gasteiger charge is -2.43. The van der Waals surface area contributed by atoms with Gasteiger partial charge in [0.15, 0.2) is 0 Å². The van der Waals surface area contributed by atoms with Crippen LogP contribution in [0.4, 0.5) is 0 Å². The smallest absolute Gasteiger partial charge is 0.333 e. The fraction of sp³-hybridized carbons (Fsp3) is 0.850. The summed E-state index contributed by atoms with van der Waals surface area (Å²) < 4.78 is 5.69. The summed E-state index contributed by atoms with van der Waals surface area (Å²) in [6.45, 7) is 11.7. The second-order valence-corrected chi connectivity index (χ2v) is 8.80. The van der Waals surface area contributed by atoms with Crippen LogP contribution >= 0.6 is 0 Å². The van der Waals surface area contributed by atoms with Gasteiger partial charge in [0, 0.05) is 11.0 Å². The van der Waals surface area contributed by atoms with E-state index in [2.05, 4.69) is 20.8 Å². The highest BCUT2D eigenvalue weighted by Crippen LogP contribution is 2.59. The molecule has 24 heavy (non-hydrogen) atoms. The van der Waals surface area contributed by atoms with Gasteiger partial charge in [-0.25, -0.2) is 4.79 Å². The SMILES string of the molecule is C/C=C(/C)C(=O)O[C@@H]1C[C@@]2(C)CC[C@H](C(C)C)[C@@]2(O)CC[C@@]1(C)O. The molecule has 2 fully saturated rings. The zero-order valence-electron chi connectivity index (χ0n) is 16.1. The molecule has 2 saturated carbocycles. The fourth-order valence-corrected chi connectivity index (χ4v) is 4.77. The van der Waals surface area contributed by atoms with Crippen LogP contribution in [-0.4, -0.2) is 33.5 Å². The van der Waals surface area contributed by atoms with Gasteiger partial charge < -0.3 is 14.9 Å². The van der Waals surface area contributed by atoms with Crippen LogP contribution in [-0.2, 0) is 9.53 Å². The largest absolute Gasteiger partial charge is 0.456 e. The first-order valence-corrected chi connectivity index (χ1v) is 9.25. The lowest BCUT2D eigenvalue weighted by atomic mass is 9.67. The van der Waals surface area contributed by atoms with Gasteiger partial charge in [-0.3, -0.25) is 0 Å². The first kappa shape index (κ1) is 19.5. The molecule has 0 aromatic heterocycles. The van der Waals surface area contributed by atoms with Crippen molar-refractivity contribution in [3.8, 4) is 0 Å². The summed E-state index contributed by atoms with van der Waals surface area (Å²) in [6, 6.07) is 0. The number of hydrogen-bond acceptors (Lipinski definition) is 4. The number of carbonyl (C=O) groups is 1. The number of esters is 1. The molecule has 0 bridgehead atoms. The lowest BCUT2D eigenvalue weighted by Crippen LogP contribution is -2.48. The molecule has 138 valence electrons. The van der Waals surface area contributed by atoms with Crippen molar-refractivity contribution in [2.24, 2.45) is 17.3 Å². The zero-order chi connectivity index (χ0) is 18.3. The van der Waals surface area contributed by atoms with Crippen LogP contribution in [0.2, 0.25) is 0 Å². The highest BCUT2D eigenvalue weighted by molar-refractivity contribution is 5.87. The van der Waals surface area contributed by atoms with Gasteiger partial charge in [0.25, 0.3) is 0 Å². The van der Waals surface area contributed by atoms with E-state index in [1.807, 2.05) is 0 Å². The molecule has 2 N–H and O–H groups in total. The minimum atomic E-state index is -1.12.